The molecule has 0 radical (unpaired) electrons. The third kappa shape index (κ3) is 5.87. The van der Waals surface area contributed by atoms with E-state index >= 15 is 0 Å². The third-order valence-corrected chi connectivity index (χ3v) is 10.2. The van der Waals surface area contributed by atoms with Crippen molar-refractivity contribution in [2.45, 2.75) is 63.6 Å². The standard InChI is InChI=1S/C29H38N6O4S/c1-21-3-2-4-25(19-21)35-27(20-34(29(35)36)24-10-15-39-16-11-24)26-9-12-30-28(32-26)31-22-5-7-23(8-6-22)33-13-17-40(37,38)18-14-33/h2-4,9,12,19-20,22-24H,5-8,10-11,13-18H2,1H3,(H,30,31,32). The van der Waals surface area contributed by atoms with Gasteiger partial charge >= 0.3 is 5.69 Å². The van der Waals surface area contributed by atoms with Crippen LogP contribution in [0.3, 0.4) is 0 Å². The van der Waals surface area contributed by atoms with Crippen LogP contribution in [-0.4, -0.2) is 82.3 Å². The number of ether oxygens (including phenoxy) is 1. The highest BCUT2D eigenvalue weighted by Crippen LogP contribution is 2.28. The molecule has 40 heavy (non-hydrogen) atoms. The van der Waals surface area contributed by atoms with E-state index in [1.54, 1.807) is 10.8 Å². The number of hydrogen-bond donors (Lipinski definition) is 1. The van der Waals surface area contributed by atoms with E-state index in [0.717, 1.165) is 55.5 Å². The summed E-state index contributed by atoms with van der Waals surface area (Å²) in [7, 11) is -2.86. The lowest BCUT2D eigenvalue weighted by atomic mass is 9.90. The topological polar surface area (TPSA) is 111 Å². The Hall–Kier alpha value is -3.02. The number of hydrogen-bond acceptors (Lipinski definition) is 8. The average molecular weight is 567 g/mol. The van der Waals surface area contributed by atoms with Gasteiger partial charge in [-0.3, -0.25) is 14.0 Å². The molecule has 2 aliphatic heterocycles. The maximum atomic E-state index is 13.8. The SMILES string of the molecule is Cc1cccc(-n2c(-c3ccnc(NC4CCC(N5CCS(=O)(=O)CC5)CC4)n3)cn(C3CCOCC3)c2=O)c1. The van der Waals surface area contributed by atoms with Crippen molar-refractivity contribution in [3.63, 3.8) is 0 Å². The molecule has 0 atom stereocenters. The molecule has 0 bridgehead atoms. The van der Waals surface area contributed by atoms with Gasteiger partial charge in [0, 0.05) is 56.8 Å². The van der Waals surface area contributed by atoms with Crippen molar-refractivity contribution in [1.82, 2.24) is 24.0 Å². The molecule has 3 fully saturated rings. The van der Waals surface area contributed by atoms with Crippen molar-refractivity contribution in [2.24, 2.45) is 0 Å². The zero-order valence-electron chi connectivity index (χ0n) is 23.0. The van der Waals surface area contributed by atoms with Crippen molar-refractivity contribution >= 4 is 15.8 Å². The monoisotopic (exact) mass is 566 g/mol. The number of nitrogens with zero attached hydrogens (tertiary/aromatic N) is 5. The molecular formula is C29H38N6O4S. The first kappa shape index (κ1) is 27.2. The molecule has 6 rings (SSSR count). The van der Waals surface area contributed by atoms with Crippen LogP contribution < -0.4 is 11.0 Å². The number of rotatable bonds is 6. The molecule has 1 N–H and O–H groups in total. The Kier molecular flexibility index (Phi) is 7.78. The van der Waals surface area contributed by atoms with Crippen molar-refractivity contribution < 1.29 is 13.2 Å². The van der Waals surface area contributed by atoms with E-state index in [2.05, 4.69) is 15.2 Å². The number of benzene rings is 1. The van der Waals surface area contributed by atoms with Crippen LogP contribution in [0.15, 0.2) is 47.5 Å². The molecule has 1 saturated carbocycles. The lowest BCUT2D eigenvalue weighted by molar-refractivity contribution is 0.0686. The molecule has 0 unspecified atom stereocenters. The number of anilines is 1. The number of aromatic nitrogens is 4. The van der Waals surface area contributed by atoms with Crippen molar-refractivity contribution in [3.05, 3.63) is 58.8 Å². The highest BCUT2D eigenvalue weighted by atomic mass is 32.2. The van der Waals surface area contributed by atoms with Crippen LogP contribution >= 0.6 is 0 Å². The van der Waals surface area contributed by atoms with Crippen LogP contribution in [0.4, 0.5) is 5.95 Å². The Morgan fingerprint density at radius 1 is 0.975 bits per heavy atom. The molecule has 10 nitrogen and oxygen atoms in total. The fraction of sp³-hybridized carbons (Fsp3) is 0.552. The molecule has 3 aliphatic rings. The molecule has 0 amide bonds. The van der Waals surface area contributed by atoms with Gasteiger partial charge in [0.2, 0.25) is 5.95 Å². The summed E-state index contributed by atoms with van der Waals surface area (Å²) in [5.41, 5.74) is 3.29. The van der Waals surface area contributed by atoms with Crippen LogP contribution in [0.1, 0.15) is 50.1 Å². The largest absolute Gasteiger partial charge is 0.381 e. The van der Waals surface area contributed by atoms with E-state index in [1.165, 1.54) is 0 Å². The summed E-state index contributed by atoms with van der Waals surface area (Å²) in [6, 6.07) is 10.6. The molecule has 1 aliphatic carbocycles. The highest BCUT2D eigenvalue weighted by Gasteiger charge is 2.30. The smallest absolute Gasteiger partial charge is 0.333 e. The first-order valence-electron chi connectivity index (χ1n) is 14.4. The summed E-state index contributed by atoms with van der Waals surface area (Å²) in [4.78, 5) is 25.5. The van der Waals surface area contributed by atoms with E-state index in [9.17, 15) is 13.2 Å². The van der Waals surface area contributed by atoms with Crippen LogP contribution in [0.5, 0.6) is 0 Å². The molecule has 4 heterocycles. The second-order valence-electron chi connectivity index (χ2n) is 11.3. The second kappa shape index (κ2) is 11.5. The van der Waals surface area contributed by atoms with Gasteiger partial charge in [0.15, 0.2) is 9.84 Å². The fourth-order valence-electron chi connectivity index (χ4n) is 6.32. The first-order chi connectivity index (χ1) is 19.4. The molecule has 1 aromatic carbocycles. The summed E-state index contributed by atoms with van der Waals surface area (Å²) >= 11 is 0. The van der Waals surface area contributed by atoms with Gasteiger partial charge in [0.1, 0.15) is 0 Å². The van der Waals surface area contributed by atoms with Crippen LogP contribution in [0, 0.1) is 6.92 Å². The molecule has 214 valence electrons. The lowest BCUT2D eigenvalue weighted by Crippen LogP contribution is -2.48. The predicted octanol–water partition coefficient (Wildman–Crippen LogP) is 3.21. The Bertz CT molecular complexity index is 1490. The quantitative estimate of drug-likeness (QED) is 0.484. The maximum absolute atomic E-state index is 13.8. The number of imidazole rings is 1. The van der Waals surface area contributed by atoms with Gasteiger partial charge in [-0.15, -0.1) is 0 Å². The lowest BCUT2D eigenvalue weighted by Gasteiger charge is -2.38. The highest BCUT2D eigenvalue weighted by molar-refractivity contribution is 7.91. The third-order valence-electron chi connectivity index (χ3n) is 8.60. The maximum Gasteiger partial charge on any atom is 0.333 e. The Balaban J connectivity index is 1.21. The van der Waals surface area contributed by atoms with Gasteiger partial charge in [-0.25, -0.2) is 23.2 Å². The zero-order chi connectivity index (χ0) is 27.7. The molecule has 2 saturated heterocycles. The van der Waals surface area contributed by atoms with E-state index in [1.807, 2.05) is 48.0 Å². The zero-order valence-corrected chi connectivity index (χ0v) is 23.9. The van der Waals surface area contributed by atoms with Gasteiger partial charge < -0.3 is 10.1 Å². The van der Waals surface area contributed by atoms with Crippen LogP contribution in [0.2, 0.25) is 0 Å². The van der Waals surface area contributed by atoms with Gasteiger partial charge in [-0.2, -0.15) is 0 Å². The average Bonchev–Trinajstić information content (AvgIpc) is 3.31. The normalized spacial score (nSPS) is 24.1. The molecule has 11 heteroatoms. The minimum Gasteiger partial charge on any atom is -0.381 e. The molecule has 3 aromatic rings. The number of nitrogens with one attached hydrogen (secondary N) is 1. The fourth-order valence-corrected chi connectivity index (χ4v) is 7.55. The van der Waals surface area contributed by atoms with Gasteiger partial charge in [0.05, 0.1) is 28.6 Å². The first-order valence-corrected chi connectivity index (χ1v) is 16.2. The molecule has 2 aromatic heterocycles. The summed E-state index contributed by atoms with van der Waals surface area (Å²) in [5.74, 6) is 1.11. The van der Waals surface area contributed by atoms with Gasteiger partial charge in [0.25, 0.3) is 0 Å². The van der Waals surface area contributed by atoms with E-state index < -0.39 is 9.84 Å². The summed E-state index contributed by atoms with van der Waals surface area (Å²) in [5, 5.41) is 3.53. The predicted molar refractivity (Wildman–Crippen MR) is 155 cm³/mol. The van der Waals surface area contributed by atoms with Crippen molar-refractivity contribution in [1.29, 1.82) is 0 Å². The Morgan fingerprint density at radius 2 is 1.73 bits per heavy atom. The second-order valence-corrected chi connectivity index (χ2v) is 13.6. The summed E-state index contributed by atoms with van der Waals surface area (Å²) in [6.07, 6.45) is 9.33. The molecule has 0 spiro atoms. The Labute approximate surface area is 235 Å². The number of sulfone groups is 1. The molecular weight excluding hydrogens is 528 g/mol. The van der Waals surface area contributed by atoms with Crippen LogP contribution in [0.25, 0.3) is 17.1 Å². The van der Waals surface area contributed by atoms with E-state index in [0.29, 0.717) is 44.0 Å². The van der Waals surface area contributed by atoms with E-state index in [4.69, 9.17) is 9.72 Å². The van der Waals surface area contributed by atoms with E-state index in [-0.39, 0.29) is 29.3 Å². The summed E-state index contributed by atoms with van der Waals surface area (Å²) < 4.78 is 32.8. The van der Waals surface area contributed by atoms with Crippen molar-refractivity contribution in [3.8, 4) is 17.1 Å². The number of aryl methyl sites for hydroxylation is 1. The summed E-state index contributed by atoms with van der Waals surface area (Å²) in [6.45, 7) is 4.63. The van der Waals surface area contributed by atoms with Gasteiger partial charge in [-0.05, 0) is 69.2 Å². The van der Waals surface area contributed by atoms with Gasteiger partial charge in [-0.1, -0.05) is 12.1 Å². The minimum atomic E-state index is -2.86. The van der Waals surface area contributed by atoms with Crippen LogP contribution in [-0.2, 0) is 14.6 Å². The minimum absolute atomic E-state index is 0.0653. The van der Waals surface area contributed by atoms with Crippen molar-refractivity contribution in [2.75, 3.05) is 43.1 Å². The Morgan fingerprint density at radius 3 is 2.45 bits per heavy atom.